The number of piperazine rings is 1. The molecule has 3 N–H and O–H groups in total. The second-order valence-corrected chi connectivity index (χ2v) is 13.4. The van der Waals surface area contributed by atoms with Gasteiger partial charge in [-0.25, -0.2) is 0 Å². The Kier molecular flexibility index (Phi) is 32.2. The van der Waals surface area contributed by atoms with Crippen molar-refractivity contribution < 1.29 is 48.0 Å². The number of hydrogen-bond acceptors (Lipinski definition) is 10. The van der Waals surface area contributed by atoms with E-state index in [0.717, 1.165) is 32.1 Å². The minimum atomic E-state index is -0.683. The highest BCUT2D eigenvalue weighted by Crippen LogP contribution is 2.15. The van der Waals surface area contributed by atoms with Gasteiger partial charge < -0.3 is 44.4 Å². The lowest BCUT2D eigenvalue weighted by Crippen LogP contribution is -2.51. The molecule has 0 atom stereocenters. The van der Waals surface area contributed by atoms with Gasteiger partial charge in [0.1, 0.15) is 19.5 Å². The van der Waals surface area contributed by atoms with E-state index in [1.807, 2.05) is 4.90 Å². The number of hydrogen-bond donors (Lipinski definition) is 3. The average Bonchev–Trinajstić information content (AvgIpc) is 3.13. The third-order valence-electron chi connectivity index (χ3n) is 8.92. The maximum Gasteiger partial charge on any atom is 0.303 e. The fraction of sp³-hybridized carbons (Fsp3) is 0.868. The van der Waals surface area contributed by atoms with Crippen molar-refractivity contribution in [3.63, 3.8) is 0 Å². The smallest absolute Gasteiger partial charge is 0.303 e. The standard InChI is InChI=1S/C38H70N4O10/c43-25-28-51-30-29-49-27-20-40-36(45)34-52-32-31-50-26-19-39-35(44)33-41-21-23-42(24-22-41)37(46)17-15-13-11-9-7-5-3-1-2-4-6-8-10-12-14-16-18-38(47)48/h25H,1-24,26-34H2,(H,39,44)(H,40,45)(H,47,48). The topological polar surface area (TPSA) is 173 Å². The summed E-state index contributed by atoms with van der Waals surface area (Å²) in [6.45, 7) is 5.68. The Morgan fingerprint density at radius 1 is 0.538 bits per heavy atom. The number of nitrogens with zero attached hydrogens (tertiary/aromatic N) is 2. The van der Waals surface area contributed by atoms with E-state index in [1.54, 1.807) is 0 Å². The van der Waals surface area contributed by atoms with E-state index in [-0.39, 0.29) is 37.5 Å². The molecule has 3 amide bonds. The highest BCUT2D eigenvalue weighted by molar-refractivity contribution is 5.78. The Morgan fingerprint density at radius 2 is 0.981 bits per heavy atom. The Bertz CT molecular complexity index is 918. The Hall–Kier alpha value is -2.65. The molecule has 0 radical (unpaired) electrons. The first kappa shape index (κ1) is 47.4. The molecule has 302 valence electrons. The summed E-state index contributed by atoms with van der Waals surface area (Å²) in [5.74, 6) is -0.773. The van der Waals surface area contributed by atoms with Crippen LogP contribution in [0.1, 0.15) is 116 Å². The minimum absolute atomic E-state index is 0.0487. The summed E-state index contributed by atoms with van der Waals surface area (Å²) in [5.41, 5.74) is 0. The van der Waals surface area contributed by atoms with E-state index in [0.29, 0.717) is 98.0 Å². The first-order valence-corrected chi connectivity index (χ1v) is 19.9. The van der Waals surface area contributed by atoms with Gasteiger partial charge in [0, 0.05) is 52.1 Å². The second kappa shape index (κ2) is 35.4. The second-order valence-electron chi connectivity index (χ2n) is 13.4. The molecule has 1 fully saturated rings. The van der Waals surface area contributed by atoms with Gasteiger partial charge in [0.05, 0.1) is 46.2 Å². The number of ether oxygens (including phenoxy) is 4. The fourth-order valence-corrected chi connectivity index (χ4v) is 5.91. The van der Waals surface area contributed by atoms with Gasteiger partial charge in [0.2, 0.25) is 17.7 Å². The lowest BCUT2D eigenvalue weighted by Gasteiger charge is -2.34. The number of aliphatic carboxylic acids is 1. The molecule has 0 unspecified atom stereocenters. The van der Waals surface area contributed by atoms with Gasteiger partial charge >= 0.3 is 5.97 Å². The third kappa shape index (κ3) is 30.9. The molecule has 0 spiro atoms. The van der Waals surface area contributed by atoms with Gasteiger partial charge in [-0.05, 0) is 12.8 Å². The molecule has 52 heavy (non-hydrogen) atoms. The third-order valence-corrected chi connectivity index (χ3v) is 8.92. The Balaban J connectivity index is 1.85. The van der Waals surface area contributed by atoms with E-state index < -0.39 is 5.97 Å². The number of amides is 3. The summed E-state index contributed by atoms with van der Waals surface area (Å²) in [5, 5.41) is 14.2. The lowest BCUT2D eigenvalue weighted by molar-refractivity contribution is -0.137. The van der Waals surface area contributed by atoms with E-state index >= 15 is 0 Å². The molecule has 0 aliphatic carbocycles. The predicted octanol–water partition coefficient (Wildman–Crippen LogP) is 3.73. The summed E-state index contributed by atoms with van der Waals surface area (Å²) < 4.78 is 21.0. The predicted molar refractivity (Wildman–Crippen MR) is 199 cm³/mol. The molecule has 14 nitrogen and oxygen atoms in total. The van der Waals surface area contributed by atoms with Gasteiger partial charge in [-0.2, -0.15) is 0 Å². The van der Waals surface area contributed by atoms with Crippen LogP contribution in [0.2, 0.25) is 0 Å². The molecule has 1 aliphatic heterocycles. The highest BCUT2D eigenvalue weighted by atomic mass is 16.5. The number of carboxylic acids is 1. The van der Waals surface area contributed by atoms with Crippen LogP contribution in [0.3, 0.4) is 0 Å². The van der Waals surface area contributed by atoms with Crippen LogP contribution >= 0.6 is 0 Å². The van der Waals surface area contributed by atoms with Gasteiger partial charge in [0.25, 0.3) is 0 Å². The molecule has 1 saturated heterocycles. The number of carboxylic acid groups (broad SMARTS) is 1. The molecule has 0 aromatic heterocycles. The van der Waals surface area contributed by atoms with Gasteiger partial charge in [-0.1, -0.05) is 89.9 Å². The Morgan fingerprint density at radius 3 is 1.48 bits per heavy atom. The zero-order valence-electron chi connectivity index (χ0n) is 31.9. The summed E-state index contributed by atoms with van der Waals surface area (Å²) in [4.78, 5) is 61.3. The number of rotatable bonds is 37. The van der Waals surface area contributed by atoms with Crippen LogP contribution in [-0.2, 0) is 42.9 Å². The number of aldehydes is 1. The molecule has 0 aromatic carbocycles. The van der Waals surface area contributed by atoms with Crippen molar-refractivity contribution in [1.29, 1.82) is 0 Å². The first-order chi connectivity index (χ1) is 25.4. The largest absolute Gasteiger partial charge is 0.481 e. The van der Waals surface area contributed by atoms with Crippen molar-refractivity contribution >= 4 is 30.0 Å². The highest BCUT2D eigenvalue weighted by Gasteiger charge is 2.22. The van der Waals surface area contributed by atoms with Crippen LogP contribution in [0.4, 0.5) is 0 Å². The van der Waals surface area contributed by atoms with Crippen molar-refractivity contribution in [2.24, 2.45) is 0 Å². The number of carbonyl (C=O) groups is 5. The quantitative estimate of drug-likeness (QED) is 0.0626. The molecular formula is C38H70N4O10. The molecule has 1 rings (SSSR count). The summed E-state index contributed by atoms with van der Waals surface area (Å²) >= 11 is 0. The summed E-state index contributed by atoms with van der Waals surface area (Å²) in [6.07, 6.45) is 20.8. The van der Waals surface area contributed by atoms with Crippen molar-refractivity contribution in [2.75, 3.05) is 98.7 Å². The SMILES string of the molecule is O=CCOCCOCCNC(=O)COCCOCCNC(=O)CN1CCN(C(=O)CCCCCCCCCCCCCCCCCCC(=O)O)CC1. The zero-order chi connectivity index (χ0) is 37.7. The van der Waals surface area contributed by atoms with Gasteiger partial charge in [-0.15, -0.1) is 0 Å². The van der Waals surface area contributed by atoms with Crippen molar-refractivity contribution in [3.05, 3.63) is 0 Å². The normalized spacial score (nSPS) is 13.3. The monoisotopic (exact) mass is 743 g/mol. The van der Waals surface area contributed by atoms with E-state index in [2.05, 4.69) is 15.5 Å². The molecule has 0 bridgehead atoms. The van der Waals surface area contributed by atoms with Crippen LogP contribution < -0.4 is 10.6 Å². The first-order valence-electron chi connectivity index (χ1n) is 19.9. The summed E-state index contributed by atoms with van der Waals surface area (Å²) in [6, 6.07) is 0. The number of carbonyl (C=O) groups excluding carboxylic acids is 4. The number of nitrogens with one attached hydrogen (secondary N) is 2. The number of unbranched alkanes of at least 4 members (excludes halogenated alkanes) is 15. The molecule has 0 aromatic rings. The maximum absolute atomic E-state index is 12.7. The van der Waals surface area contributed by atoms with Crippen LogP contribution in [0.25, 0.3) is 0 Å². The molecule has 0 saturated carbocycles. The molecule has 14 heteroatoms. The molecule has 1 heterocycles. The fourth-order valence-electron chi connectivity index (χ4n) is 5.91. The van der Waals surface area contributed by atoms with Crippen molar-refractivity contribution in [3.8, 4) is 0 Å². The Labute approximate surface area is 312 Å². The lowest BCUT2D eigenvalue weighted by atomic mass is 10.0. The zero-order valence-corrected chi connectivity index (χ0v) is 31.9. The molecular weight excluding hydrogens is 672 g/mol. The van der Waals surface area contributed by atoms with Crippen LogP contribution in [0, 0.1) is 0 Å². The van der Waals surface area contributed by atoms with E-state index in [1.165, 1.54) is 70.6 Å². The van der Waals surface area contributed by atoms with Crippen LogP contribution in [0.5, 0.6) is 0 Å². The van der Waals surface area contributed by atoms with Gasteiger partial charge in [0.15, 0.2) is 0 Å². The average molecular weight is 743 g/mol. The van der Waals surface area contributed by atoms with Crippen molar-refractivity contribution in [2.45, 2.75) is 116 Å². The van der Waals surface area contributed by atoms with E-state index in [4.69, 9.17) is 24.1 Å². The summed E-state index contributed by atoms with van der Waals surface area (Å²) in [7, 11) is 0. The van der Waals surface area contributed by atoms with Crippen LogP contribution in [-0.4, -0.2) is 144 Å². The minimum Gasteiger partial charge on any atom is -0.481 e. The van der Waals surface area contributed by atoms with E-state index in [9.17, 15) is 24.0 Å². The van der Waals surface area contributed by atoms with Crippen LogP contribution in [0.15, 0.2) is 0 Å². The van der Waals surface area contributed by atoms with Crippen molar-refractivity contribution in [1.82, 2.24) is 20.4 Å². The van der Waals surface area contributed by atoms with Gasteiger partial charge in [-0.3, -0.25) is 24.1 Å². The maximum atomic E-state index is 12.7. The molecule has 1 aliphatic rings.